The van der Waals surface area contributed by atoms with E-state index < -0.39 is 0 Å². The first-order valence-corrected chi connectivity index (χ1v) is 6.93. The van der Waals surface area contributed by atoms with Crippen LogP contribution in [0, 0.1) is 0 Å². The average molecular weight is 269 g/mol. The van der Waals surface area contributed by atoms with Crippen LogP contribution in [0.5, 0.6) is 5.75 Å². The summed E-state index contributed by atoms with van der Waals surface area (Å²) in [5.41, 5.74) is 10.7. The van der Waals surface area contributed by atoms with Crippen LogP contribution >= 0.6 is 0 Å². The van der Waals surface area contributed by atoms with Crippen molar-refractivity contribution in [3.8, 4) is 16.9 Å². The molecule has 2 N–H and O–H groups in total. The molecule has 2 rings (SSSR count). The third-order valence-corrected chi connectivity index (χ3v) is 3.58. The maximum atomic E-state index is 5.77. The first-order chi connectivity index (χ1) is 9.45. The number of methoxy groups -OCH3 is 1. The number of hydrogen-bond donors (Lipinski definition) is 1. The van der Waals surface area contributed by atoms with Crippen LogP contribution in [-0.2, 0) is 12.0 Å². The minimum Gasteiger partial charge on any atom is -0.496 e. The molecule has 2 aromatic carbocycles. The van der Waals surface area contributed by atoms with E-state index in [1.807, 2.05) is 6.07 Å². The molecule has 20 heavy (non-hydrogen) atoms. The fourth-order valence-corrected chi connectivity index (χ4v) is 2.28. The summed E-state index contributed by atoms with van der Waals surface area (Å²) in [6.45, 7) is 7.16. The Bertz CT molecular complexity index is 579. The highest BCUT2D eigenvalue weighted by atomic mass is 16.5. The Balaban J connectivity index is 2.37. The summed E-state index contributed by atoms with van der Waals surface area (Å²) in [7, 11) is 1.67. The SMILES string of the molecule is COc1ccc(-c2ccc(C(C)(C)C)cc2)cc1CN. The van der Waals surface area contributed by atoms with Crippen molar-refractivity contribution in [2.75, 3.05) is 7.11 Å². The van der Waals surface area contributed by atoms with Crippen LogP contribution in [0.1, 0.15) is 31.9 Å². The Morgan fingerprint density at radius 1 is 0.950 bits per heavy atom. The van der Waals surface area contributed by atoms with Crippen molar-refractivity contribution in [1.29, 1.82) is 0 Å². The molecule has 0 fully saturated rings. The van der Waals surface area contributed by atoms with E-state index in [9.17, 15) is 0 Å². The van der Waals surface area contributed by atoms with E-state index in [0.29, 0.717) is 6.54 Å². The molecule has 106 valence electrons. The van der Waals surface area contributed by atoms with Crippen molar-refractivity contribution < 1.29 is 4.74 Å². The van der Waals surface area contributed by atoms with Gasteiger partial charge in [0.05, 0.1) is 7.11 Å². The molecule has 2 nitrogen and oxygen atoms in total. The monoisotopic (exact) mass is 269 g/mol. The maximum absolute atomic E-state index is 5.77. The number of hydrogen-bond acceptors (Lipinski definition) is 2. The smallest absolute Gasteiger partial charge is 0.123 e. The highest BCUT2D eigenvalue weighted by molar-refractivity contribution is 5.66. The second kappa shape index (κ2) is 5.68. The van der Waals surface area contributed by atoms with E-state index in [1.54, 1.807) is 7.11 Å². The molecule has 0 radical (unpaired) electrons. The first-order valence-electron chi connectivity index (χ1n) is 6.93. The first kappa shape index (κ1) is 14.6. The number of benzene rings is 2. The molecule has 0 saturated carbocycles. The van der Waals surface area contributed by atoms with Gasteiger partial charge in [-0.1, -0.05) is 51.1 Å². The summed E-state index contributed by atoms with van der Waals surface area (Å²) in [6, 6.07) is 14.9. The lowest BCUT2D eigenvalue weighted by Crippen LogP contribution is -2.10. The number of nitrogens with two attached hydrogens (primary N) is 1. The lowest BCUT2D eigenvalue weighted by molar-refractivity contribution is 0.410. The van der Waals surface area contributed by atoms with Crippen LogP contribution < -0.4 is 10.5 Å². The van der Waals surface area contributed by atoms with Gasteiger partial charge in [0, 0.05) is 12.1 Å². The van der Waals surface area contributed by atoms with E-state index in [1.165, 1.54) is 16.7 Å². The molecule has 2 aromatic rings. The van der Waals surface area contributed by atoms with E-state index >= 15 is 0 Å². The van der Waals surface area contributed by atoms with Crippen LogP contribution in [0.3, 0.4) is 0 Å². The normalized spacial score (nSPS) is 11.4. The largest absolute Gasteiger partial charge is 0.496 e. The van der Waals surface area contributed by atoms with Crippen molar-refractivity contribution in [1.82, 2.24) is 0 Å². The van der Waals surface area contributed by atoms with Gasteiger partial charge in [-0.3, -0.25) is 0 Å². The van der Waals surface area contributed by atoms with Crippen LogP contribution in [0.15, 0.2) is 42.5 Å². The van der Waals surface area contributed by atoms with Crippen LogP contribution in [-0.4, -0.2) is 7.11 Å². The van der Waals surface area contributed by atoms with Gasteiger partial charge >= 0.3 is 0 Å². The van der Waals surface area contributed by atoms with Gasteiger partial charge in [-0.05, 0) is 34.2 Å². The Labute approximate surface area is 121 Å². The van der Waals surface area contributed by atoms with Gasteiger partial charge in [0.15, 0.2) is 0 Å². The van der Waals surface area contributed by atoms with Crippen LogP contribution in [0.25, 0.3) is 11.1 Å². The second-order valence-corrected chi connectivity index (χ2v) is 6.06. The fraction of sp³-hybridized carbons (Fsp3) is 0.333. The van der Waals surface area contributed by atoms with Gasteiger partial charge in [-0.25, -0.2) is 0 Å². The molecule has 0 bridgehead atoms. The molecule has 0 atom stereocenters. The maximum Gasteiger partial charge on any atom is 0.123 e. The van der Waals surface area contributed by atoms with Crippen molar-refractivity contribution >= 4 is 0 Å². The van der Waals surface area contributed by atoms with Crippen molar-refractivity contribution in [3.63, 3.8) is 0 Å². The topological polar surface area (TPSA) is 35.2 Å². The summed E-state index contributed by atoms with van der Waals surface area (Å²) in [4.78, 5) is 0. The Morgan fingerprint density at radius 3 is 2.05 bits per heavy atom. The molecule has 0 aliphatic heterocycles. The van der Waals surface area contributed by atoms with Gasteiger partial charge in [0.1, 0.15) is 5.75 Å². The molecule has 0 aromatic heterocycles. The third kappa shape index (κ3) is 3.02. The molecular formula is C18H23NO. The summed E-state index contributed by atoms with van der Waals surface area (Å²) < 4.78 is 5.31. The standard InChI is InChI=1S/C18H23NO/c1-18(2,3)16-8-5-13(6-9-16)14-7-10-17(20-4)15(11-14)12-19/h5-11H,12,19H2,1-4H3. The zero-order chi connectivity index (χ0) is 14.8. The fourth-order valence-electron chi connectivity index (χ4n) is 2.28. The molecule has 0 heterocycles. The Hall–Kier alpha value is -1.80. The third-order valence-electron chi connectivity index (χ3n) is 3.58. The average Bonchev–Trinajstić information content (AvgIpc) is 2.45. The summed E-state index contributed by atoms with van der Waals surface area (Å²) in [5, 5.41) is 0. The molecule has 0 spiro atoms. The molecule has 0 aliphatic carbocycles. The molecule has 0 aliphatic rings. The molecule has 2 heteroatoms. The number of rotatable bonds is 3. The lowest BCUT2D eigenvalue weighted by atomic mass is 9.86. The van der Waals surface area contributed by atoms with Crippen LogP contribution in [0.2, 0.25) is 0 Å². The minimum absolute atomic E-state index is 0.181. The Morgan fingerprint density at radius 2 is 1.55 bits per heavy atom. The van der Waals surface area contributed by atoms with E-state index in [0.717, 1.165) is 11.3 Å². The van der Waals surface area contributed by atoms with E-state index in [2.05, 4.69) is 57.2 Å². The van der Waals surface area contributed by atoms with Gasteiger partial charge in [0.25, 0.3) is 0 Å². The molecular weight excluding hydrogens is 246 g/mol. The van der Waals surface area contributed by atoms with Crippen molar-refractivity contribution in [2.24, 2.45) is 5.73 Å². The van der Waals surface area contributed by atoms with Gasteiger partial charge < -0.3 is 10.5 Å². The minimum atomic E-state index is 0.181. The van der Waals surface area contributed by atoms with E-state index in [-0.39, 0.29) is 5.41 Å². The van der Waals surface area contributed by atoms with Gasteiger partial charge in [0.2, 0.25) is 0 Å². The Kier molecular flexibility index (Phi) is 4.15. The summed E-state index contributed by atoms with van der Waals surface area (Å²) in [6.07, 6.45) is 0. The molecule has 0 saturated heterocycles. The van der Waals surface area contributed by atoms with Crippen molar-refractivity contribution in [3.05, 3.63) is 53.6 Å². The van der Waals surface area contributed by atoms with Gasteiger partial charge in [-0.2, -0.15) is 0 Å². The second-order valence-electron chi connectivity index (χ2n) is 6.06. The zero-order valence-corrected chi connectivity index (χ0v) is 12.7. The van der Waals surface area contributed by atoms with Crippen LogP contribution in [0.4, 0.5) is 0 Å². The number of ether oxygens (including phenoxy) is 1. The van der Waals surface area contributed by atoms with Crippen molar-refractivity contribution in [2.45, 2.75) is 32.7 Å². The molecule has 0 amide bonds. The van der Waals surface area contributed by atoms with E-state index in [4.69, 9.17) is 10.5 Å². The zero-order valence-electron chi connectivity index (χ0n) is 12.7. The predicted molar refractivity (Wildman–Crippen MR) is 85.0 cm³/mol. The summed E-state index contributed by atoms with van der Waals surface area (Å²) in [5.74, 6) is 0.850. The highest BCUT2D eigenvalue weighted by Crippen LogP contribution is 2.29. The summed E-state index contributed by atoms with van der Waals surface area (Å²) >= 11 is 0. The lowest BCUT2D eigenvalue weighted by Gasteiger charge is -2.19. The molecule has 0 unspecified atom stereocenters. The van der Waals surface area contributed by atoms with Gasteiger partial charge in [-0.15, -0.1) is 0 Å². The quantitative estimate of drug-likeness (QED) is 0.909. The highest BCUT2D eigenvalue weighted by Gasteiger charge is 2.13. The predicted octanol–water partition coefficient (Wildman–Crippen LogP) is 4.12.